The Hall–Kier alpha value is -1.08. The van der Waals surface area contributed by atoms with Crippen molar-refractivity contribution in [3.8, 4) is 0 Å². The van der Waals surface area contributed by atoms with Gasteiger partial charge in [-0.25, -0.2) is 0 Å². The van der Waals surface area contributed by atoms with Gasteiger partial charge in [-0.1, -0.05) is 153 Å². The van der Waals surface area contributed by atoms with E-state index in [0.717, 1.165) is 18.6 Å². The summed E-state index contributed by atoms with van der Waals surface area (Å²) in [5.41, 5.74) is 2.31. The molecule has 178 valence electrons. The van der Waals surface area contributed by atoms with Crippen LogP contribution in [0.4, 0.5) is 0 Å². The zero-order valence-electron chi connectivity index (χ0n) is 21.0. The summed E-state index contributed by atoms with van der Waals surface area (Å²) in [6.45, 7) is 9.30. The third kappa shape index (κ3) is 16.2. The second-order valence-corrected chi connectivity index (χ2v) is 9.52. The summed E-state index contributed by atoms with van der Waals surface area (Å²) in [5, 5.41) is 0. The molecule has 0 saturated carbocycles. The molecule has 0 spiro atoms. The van der Waals surface area contributed by atoms with Gasteiger partial charge in [0.2, 0.25) is 0 Å². The Labute approximate surface area is 195 Å². The first kappa shape index (κ1) is 28.0. The highest BCUT2D eigenvalue weighted by molar-refractivity contribution is 5.24. The van der Waals surface area contributed by atoms with Gasteiger partial charge in [-0.15, -0.1) is 0 Å². The lowest BCUT2D eigenvalue weighted by atomic mass is 10.0. The zero-order chi connectivity index (χ0) is 22.4. The lowest BCUT2D eigenvalue weighted by Crippen LogP contribution is -2.06. The van der Waals surface area contributed by atoms with Gasteiger partial charge in [-0.3, -0.25) is 0 Å². The van der Waals surface area contributed by atoms with Crippen LogP contribution in [0.3, 0.4) is 0 Å². The highest BCUT2D eigenvalue weighted by Crippen LogP contribution is 2.24. The van der Waals surface area contributed by atoms with E-state index >= 15 is 0 Å². The number of benzene rings is 1. The van der Waals surface area contributed by atoms with Crippen LogP contribution in [0.5, 0.6) is 0 Å². The van der Waals surface area contributed by atoms with Gasteiger partial charge in [0.25, 0.3) is 0 Å². The minimum Gasteiger partial charge on any atom is -0.369 e. The van der Waals surface area contributed by atoms with E-state index in [-0.39, 0.29) is 6.10 Å². The topological polar surface area (TPSA) is 9.23 Å². The number of hydrogen-bond donors (Lipinski definition) is 0. The monoisotopic (exact) mass is 428 g/mol. The van der Waals surface area contributed by atoms with E-state index in [0.29, 0.717) is 0 Å². The summed E-state index contributed by atoms with van der Waals surface area (Å²) in [6, 6.07) is 10.5. The molecule has 1 aromatic carbocycles. The van der Waals surface area contributed by atoms with Crippen molar-refractivity contribution in [2.45, 2.75) is 136 Å². The second-order valence-electron chi connectivity index (χ2n) is 9.52. The Morgan fingerprint density at radius 3 is 1.42 bits per heavy atom. The molecule has 1 aromatic rings. The zero-order valence-corrected chi connectivity index (χ0v) is 21.0. The Bertz CT molecular complexity index is 506. The van der Waals surface area contributed by atoms with E-state index < -0.39 is 0 Å². The number of unbranched alkanes of at least 4 members (excludes halogenated alkanes) is 17. The molecule has 0 aliphatic carbocycles. The number of rotatable bonds is 22. The molecule has 31 heavy (non-hydrogen) atoms. The van der Waals surface area contributed by atoms with Gasteiger partial charge in [0.05, 0.1) is 0 Å². The van der Waals surface area contributed by atoms with E-state index in [9.17, 15) is 0 Å². The molecule has 0 radical (unpaired) electrons. The molecule has 0 aliphatic heterocycles. The summed E-state index contributed by atoms with van der Waals surface area (Å²) in [5.74, 6) is 0. The van der Waals surface area contributed by atoms with Gasteiger partial charge in [0.15, 0.2) is 0 Å². The molecule has 0 N–H and O–H groups in total. The average molecular weight is 429 g/mol. The van der Waals surface area contributed by atoms with Gasteiger partial charge in [-0.05, 0) is 24.5 Å². The standard InChI is InChI=1S/C30H52O/c1-4-5-6-7-8-9-10-11-12-13-14-15-16-17-18-19-20-24-27-31-30(28(2)3)29-25-22-21-23-26-29/h21-23,25-26,30H,2,4-20,24,27H2,1,3H3. The fraction of sp³-hybridized carbons (Fsp3) is 0.733. The SMILES string of the molecule is C=C(C)C(OCCCCCCCCCCCCCCCCCCCC)c1ccccc1. The largest absolute Gasteiger partial charge is 0.369 e. The minimum atomic E-state index is 0.0481. The van der Waals surface area contributed by atoms with Crippen LogP contribution >= 0.6 is 0 Å². The van der Waals surface area contributed by atoms with Crippen LogP contribution in [0.1, 0.15) is 141 Å². The molecule has 1 rings (SSSR count). The first-order valence-corrected chi connectivity index (χ1v) is 13.6. The molecule has 0 aromatic heterocycles. The van der Waals surface area contributed by atoms with Crippen molar-refractivity contribution >= 4 is 0 Å². The molecule has 1 atom stereocenters. The molecule has 0 fully saturated rings. The smallest absolute Gasteiger partial charge is 0.103 e. The van der Waals surface area contributed by atoms with Gasteiger partial charge in [0, 0.05) is 6.61 Å². The van der Waals surface area contributed by atoms with E-state index in [1.54, 1.807) is 0 Å². The van der Waals surface area contributed by atoms with Crippen molar-refractivity contribution in [1.82, 2.24) is 0 Å². The van der Waals surface area contributed by atoms with E-state index in [2.05, 4.69) is 50.8 Å². The molecular weight excluding hydrogens is 376 g/mol. The predicted octanol–water partition coefficient (Wildman–Crippen LogP) is 10.4. The van der Waals surface area contributed by atoms with Gasteiger partial charge in [-0.2, -0.15) is 0 Å². The van der Waals surface area contributed by atoms with E-state index in [1.807, 2.05) is 0 Å². The first-order chi connectivity index (χ1) is 15.3. The Kier molecular flexibility index (Phi) is 18.8. The Morgan fingerprint density at radius 2 is 1.03 bits per heavy atom. The fourth-order valence-electron chi connectivity index (χ4n) is 4.36. The molecule has 1 heteroatoms. The van der Waals surface area contributed by atoms with Gasteiger partial charge >= 0.3 is 0 Å². The third-order valence-corrected chi connectivity index (χ3v) is 6.33. The van der Waals surface area contributed by atoms with Crippen LogP contribution in [0.15, 0.2) is 42.5 Å². The molecule has 0 bridgehead atoms. The highest BCUT2D eigenvalue weighted by atomic mass is 16.5. The predicted molar refractivity (Wildman–Crippen MR) is 139 cm³/mol. The lowest BCUT2D eigenvalue weighted by molar-refractivity contribution is 0.0744. The maximum atomic E-state index is 6.12. The Balaban J connectivity index is 1.82. The first-order valence-electron chi connectivity index (χ1n) is 13.6. The van der Waals surface area contributed by atoms with Crippen LogP contribution in [-0.2, 0) is 4.74 Å². The normalized spacial score (nSPS) is 12.2. The maximum absolute atomic E-state index is 6.12. The molecule has 1 nitrogen and oxygen atoms in total. The second kappa shape index (κ2) is 20.8. The summed E-state index contributed by atoms with van der Waals surface area (Å²) in [6.07, 6.45) is 25.5. The van der Waals surface area contributed by atoms with Gasteiger partial charge < -0.3 is 4.74 Å². The maximum Gasteiger partial charge on any atom is 0.103 e. The summed E-state index contributed by atoms with van der Waals surface area (Å²) in [7, 11) is 0. The van der Waals surface area contributed by atoms with Crippen molar-refractivity contribution in [1.29, 1.82) is 0 Å². The van der Waals surface area contributed by atoms with Crippen LogP contribution in [-0.4, -0.2) is 6.61 Å². The third-order valence-electron chi connectivity index (χ3n) is 6.33. The number of ether oxygens (including phenoxy) is 1. The molecule has 1 unspecified atom stereocenters. The summed E-state index contributed by atoms with van der Waals surface area (Å²) >= 11 is 0. The summed E-state index contributed by atoms with van der Waals surface area (Å²) < 4.78 is 6.12. The van der Waals surface area contributed by atoms with Crippen LogP contribution in [0.2, 0.25) is 0 Å². The van der Waals surface area contributed by atoms with Crippen molar-refractivity contribution < 1.29 is 4.74 Å². The number of hydrogen-bond acceptors (Lipinski definition) is 1. The van der Waals surface area contributed by atoms with Crippen LogP contribution < -0.4 is 0 Å². The van der Waals surface area contributed by atoms with Crippen LogP contribution in [0, 0.1) is 0 Å². The Morgan fingerprint density at radius 1 is 0.645 bits per heavy atom. The molecular formula is C30H52O. The van der Waals surface area contributed by atoms with E-state index in [4.69, 9.17) is 4.74 Å². The van der Waals surface area contributed by atoms with Crippen LogP contribution in [0.25, 0.3) is 0 Å². The summed E-state index contributed by atoms with van der Waals surface area (Å²) in [4.78, 5) is 0. The van der Waals surface area contributed by atoms with Crippen molar-refractivity contribution in [2.75, 3.05) is 6.61 Å². The molecule has 0 heterocycles. The van der Waals surface area contributed by atoms with Crippen molar-refractivity contribution in [3.63, 3.8) is 0 Å². The highest BCUT2D eigenvalue weighted by Gasteiger charge is 2.11. The minimum absolute atomic E-state index is 0.0481. The fourth-order valence-corrected chi connectivity index (χ4v) is 4.36. The van der Waals surface area contributed by atoms with Gasteiger partial charge in [0.1, 0.15) is 6.10 Å². The molecule has 0 saturated heterocycles. The quantitative estimate of drug-likeness (QED) is 0.132. The van der Waals surface area contributed by atoms with E-state index in [1.165, 1.54) is 115 Å². The lowest BCUT2D eigenvalue weighted by Gasteiger charge is -2.18. The molecule has 0 aliphatic rings. The van der Waals surface area contributed by atoms with Crippen molar-refractivity contribution in [3.05, 3.63) is 48.0 Å². The molecule has 0 amide bonds. The van der Waals surface area contributed by atoms with Crippen molar-refractivity contribution in [2.24, 2.45) is 0 Å². The average Bonchev–Trinajstić information content (AvgIpc) is 2.78.